The molecule has 2 unspecified atom stereocenters. The number of nitrogens with one attached hydrogen (secondary N) is 1. The highest BCUT2D eigenvalue weighted by atomic mass is 16.5. The molecule has 0 amide bonds. The fourth-order valence-electron chi connectivity index (χ4n) is 1.29. The third-order valence-corrected chi connectivity index (χ3v) is 2.05. The van der Waals surface area contributed by atoms with Crippen molar-refractivity contribution in [2.75, 3.05) is 7.11 Å². The molecule has 0 heterocycles. The fraction of sp³-hybridized carbons (Fsp3) is 0.778. The number of hydrogen-bond donors (Lipinski definition) is 2. The van der Waals surface area contributed by atoms with Gasteiger partial charge in [0, 0.05) is 13.2 Å². The summed E-state index contributed by atoms with van der Waals surface area (Å²) < 4.78 is 5.27. The number of hydrazine groups is 1. The van der Waals surface area contributed by atoms with Crippen molar-refractivity contribution in [3.63, 3.8) is 0 Å². The molecule has 2 atom stereocenters. The molecule has 0 rings (SSSR count). The molecule has 0 radical (unpaired) electrons. The van der Waals surface area contributed by atoms with Crippen LogP contribution < -0.4 is 11.3 Å². The molecule has 0 aromatic rings. The highest BCUT2D eigenvalue weighted by Gasteiger charge is 2.16. The Morgan fingerprint density at radius 3 is 2.67 bits per heavy atom. The summed E-state index contributed by atoms with van der Waals surface area (Å²) in [4.78, 5) is 0. The van der Waals surface area contributed by atoms with Crippen molar-refractivity contribution in [3.8, 4) is 0 Å². The highest BCUT2D eigenvalue weighted by Crippen LogP contribution is 2.08. The Morgan fingerprint density at radius 2 is 2.33 bits per heavy atom. The molecule has 0 fully saturated rings. The van der Waals surface area contributed by atoms with E-state index in [1.807, 2.05) is 6.08 Å². The smallest absolute Gasteiger partial charge is 0.0735 e. The average Bonchev–Trinajstić information content (AvgIpc) is 2.12. The van der Waals surface area contributed by atoms with Crippen LogP contribution in [-0.4, -0.2) is 19.3 Å². The predicted octanol–water partition coefficient (Wildman–Crippen LogP) is 1.21. The van der Waals surface area contributed by atoms with E-state index in [2.05, 4.69) is 18.9 Å². The summed E-state index contributed by atoms with van der Waals surface area (Å²) in [5.74, 6) is 5.40. The van der Waals surface area contributed by atoms with E-state index in [1.54, 1.807) is 7.11 Å². The summed E-state index contributed by atoms with van der Waals surface area (Å²) in [6.07, 6.45) is 5.02. The maximum absolute atomic E-state index is 5.40. The summed E-state index contributed by atoms with van der Waals surface area (Å²) in [5, 5.41) is 0. The maximum Gasteiger partial charge on any atom is 0.0735 e. The van der Waals surface area contributed by atoms with E-state index in [1.165, 1.54) is 0 Å². The van der Waals surface area contributed by atoms with Crippen LogP contribution in [0.5, 0.6) is 0 Å². The van der Waals surface area contributed by atoms with Crippen molar-refractivity contribution in [1.29, 1.82) is 0 Å². The van der Waals surface area contributed by atoms with Gasteiger partial charge in [-0.15, -0.1) is 6.58 Å². The van der Waals surface area contributed by atoms with Crippen LogP contribution in [0.2, 0.25) is 0 Å². The van der Waals surface area contributed by atoms with Gasteiger partial charge in [-0.25, -0.2) is 0 Å². The average molecular weight is 172 g/mol. The van der Waals surface area contributed by atoms with Crippen LogP contribution in [0.4, 0.5) is 0 Å². The number of allylic oxidation sites excluding steroid dienone is 1. The molecule has 3 nitrogen and oxygen atoms in total. The first kappa shape index (κ1) is 11.6. The lowest BCUT2D eigenvalue weighted by molar-refractivity contribution is 0.0628. The van der Waals surface area contributed by atoms with Crippen LogP contribution >= 0.6 is 0 Å². The molecule has 3 N–H and O–H groups in total. The Balaban J connectivity index is 3.83. The van der Waals surface area contributed by atoms with E-state index in [0.29, 0.717) is 0 Å². The minimum atomic E-state index is 0.204. The third-order valence-electron chi connectivity index (χ3n) is 2.05. The van der Waals surface area contributed by atoms with E-state index in [4.69, 9.17) is 10.6 Å². The van der Waals surface area contributed by atoms with Gasteiger partial charge in [-0.2, -0.15) is 0 Å². The van der Waals surface area contributed by atoms with Gasteiger partial charge in [0.05, 0.1) is 6.10 Å². The summed E-state index contributed by atoms with van der Waals surface area (Å²) >= 11 is 0. The number of hydrogen-bond acceptors (Lipinski definition) is 3. The Hall–Kier alpha value is -0.380. The Morgan fingerprint density at radius 1 is 1.67 bits per heavy atom. The first-order valence-corrected chi connectivity index (χ1v) is 4.39. The van der Waals surface area contributed by atoms with Gasteiger partial charge in [-0.1, -0.05) is 13.0 Å². The van der Waals surface area contributed by atoms with E-state index in [0.717, 1.165) is 19.3 Å². The van der Waals surface area contributed by atoms with Crippen LogP contribution in [0.15, 0.2) is 12.7 Å². The van der Waals surface area contributed by atoms with E-state index in [-0.39, 0.29) is 12.1 Å². The molecule has 0 aliphatic carbocycles. The molecular weight excluding hydrogens is 152 g/mol. The molecule has 0 saturated heterocycles. The maximum atomic E-state index is 5.40. The van der Waals surface area contributed by atoms with Crippen LogP contribution in [0.25, 0.3) is 0 Å². The molecule has 0 aromatic heterocycles. The number of methoxy groups -OCH3 is 1. The number of rotatable bonds is 7. The Labute approximate surface area is 74.9 Å². The van der Waals surface area contributed by atoms with Crippen molar-refractivity contribution in [1.82, 2.24) is 5.43 Å². The lowest BCUT2D eigenvalue weighted by Gasteiger charge is -2.23. The molecule has 0 aliphatic rings. The first-order chi connectivity index (χ1) is 5.79. The third kappa shape index (κ3) is 3.85. The molecule has 0 aliphatic heterocycles. The molecule has 12 heavy (non-hydrogen) atoms. The summed E-state index contributed by atoms with van der Waals surface area (Å²) in [5.41, 5.74) is 2.77. The van der Waals surface area contributed by atoms with E-state index in [9.17, 15) is 0 Å². The number of ether oxygens (including phenoxy) is 1. The van der Waals surface area contributed by atoms with Crippen molar-refractivity contribution in [3.05, 3.63) is 12.7 Å². The zero-order chi connectivity index (χ0) is 9.40. The Bertz CT molecular complexity index is 113. The van der Waals surface area contributed by atoms with Crippen LogP contribution in [0.1, 0.15) is 26.2 Å². The Kier molecular flexibility index (Phi) is 7.05. The molecule has 72 valence electrons. The van der Waals surface area contributed by atoms with Gasteiger partial charge in [0.1, 0.15) is 0 Å². The van der Waals surface area contributed by atoms with E-state index < -0.39 is 0 Å². The zero-order valence-electron chi connectivity index (χ0n) is 8.05. The van der Waals surface area contributed by atoms with Gasteiger partial charge < -0.3 is 4.74 Å². The largest absolute Gasteiger partial charge is 0.380 e. The van der Waals surface area contributed by atoms with Crippen molar-refractivity contribution < 1.29 is 4.74 Å². The molecule has 3 heteroatoms. The van der Waals surface area contributed by atoms with Crippen molar-refractivity contribution in [2.24, 2.45) is 5.84 Å². The molecule has 0 bridgehead atoms. The molecule has 0 spiro atoms. The SMILES string of the molecule is C=CCCC(NN)C(CC)OC. The van der Waals surface area contributed by atoms with E-state index >= 15 is 0 Å². The van der Waals surface area contributed by atoms with Crippen LogP contribution in [-0.2, 0) is 4.74 Å². The normalized spacial score (nSPS) is 15.6. The van der Waals surface area contributed by atoms with Gasteiger partial charge >= 0.3 is 0 Å². The van der Waals surface area contributed by atoms with Gasteiger partial charge in [0.2, 0.25) is 0 Å². The minimum Gasteiger partial charge on any atom is -0.380 e. The summed E-state index contributed by atoms with van der Waals surface area (Å²) in [6, 6.07) is 0.234. The monoisotopic (exact) mass is 172 g/mol. The van der Waals surface area contributed by atoms with Crippen molar-refractivity contribution in [2.45, 2.75) is 38.3 Å². The van der Waals surface area contributed by atoms with Gasteiger partial charge in [0.15, 0.2) is 0 Å². The first-order valence-electron chi connectivity index (χ1n) is 4.39. The lowest BCUT2D eigenvalue weighted by Crippen LogP contribution is -2.44. The standard InChI is InChI=1S/C9H20N2O/c1-4-6-7-8(11-10)9(5-2)12-3/h4,8-9,11H,1,5-7,10H2,2-3H3. The van der Waals surface area contributed by atoms with Crippen molar-refractivity contribution >= 4 is 0 Å². The fourth-order valence-corrected chi connectivity index (χ4v) is 1.29. The molecule has 0 saturated carbocycles. The highest BCUT2D eigenvalue weighted by molar-refractivity contribution is 4.78. The minimum absolute atomic E-state index is 0.204. The van der Waals surface area contributed by atoms with Gasteiger partial charge in [-0.3, -0.25) is 11.3 Å². The van der Waals surface area contributed by atoms with Gasteiger partial charge in [-0.05, 0) is 19.3 Å². The van der Waals surface area contributed by atoms with Crippen LogP contribution in [0.3, 0.4) is 0 Å². The van der Waals surface area contributed by atoms with Gasteiger partial charge in [0.25, 0.3) is 0 Å². The lowest BCUT2D eigenvalue weighted by atomic mass is 10.0. The quantitative estimate of drug-likeness (QED) is 0.345. The topological polar surface area (TPSA) is 47.3 Å². The predicted molar refractivity (Wildman–Crippen MR) is 51.6 cm³/mol. The second-order valence-corrected chi connectivity index (χ2v) is 2.82. The molecular formula is C9H20N2O. The zero-order valence-corrected chi connectivity index (χ0v) is 8.05. The van der Waals surface area contributed by atoms with Crippen LogP contribution in [0, 0.1) is 0 Å². The summed E-state index contributed by atoms with van der Waals surface area (Å²) in [7, 11) is 1.71. The summed E-state index contributed by atoms with van der Waals surface area (Å²) in [6.45, 7) is 5.76. The number of nitrogens with two attached hydrogens (primary N) is 1. The second kappa shape index (κ2) is 7.28. The molecule has 0 aromatic carbocycles. The second-order valence-electron chi connectivity index (χ2n) is 2.82.